The summed E-state index contributed by atoms with van der Waals surface area (Å²) in [5.74, 6) is 1.33. The van der Waals surface area contributed by atoms with E-state index in [0.717, 1.165) is 17.5 Å². The number of nitrogens with one attached hydrogen (secondary N) is 1. The van der Waals surface area contributed by atoms with Crippen molar-refractivity contribution in [1.29, 1.82) is 0 Å². The van der Waals surface area contributed by atoms with Crippen LogP contribution in [0, 0.1) is 0 Å². The molecular formula is C18H19NO4. The molecule has 0 bridgehead atoms. The predicted molar refractivity (Wildman–Crippen MR) is 85.6 cm³/mol. The molecule has 1 saturated heterocycles. The molecule has 1 aliphatic heterocycles. The zero-order valence-electron chi connectivity index (χ0n) is 13.0. The summed E-state index contributed by atoms with van der Waals surface area (Å²) in [5, 5.41) is 2.81. The number of ether oxygens (including phenoxy) is 3. The maximum absolute atomic E-state index is 11.4. The zero-order chi connectivity index (χ0) is 16.1. The molecule has 1 amide bonds. The Hall–Kier alpha value is -2.69. The van der Waals surface area contributed by atoms with Gasteiger partial charge in [-0.3, -0.25) is 0 Å². The van der Waals surface area contributed by atoms with Crippen LogP contribution in [0.15, 0.2) is 48.5 Å². The van der Waals surface area contributed by atoms with Gasteiger partial charge in [0.2, 0.25) is 0 Å². The van der Waals surface area contributed by atoms with Crippen molar-refractivity contribution in [3.63, 3.8) is 0 Å². The minimum absolute atomic E-state index is 0.0683. The van der Waals surface area contributed by atoms with Gasteiger partial charge in [0.25, 0.3) is 0 Å². The first-order valence-corrected chi connectivity index (χ1v) is 7.54. The highest BCUT2D eigenvalue weighted by molar-refractivity contribution is 5.68. The van der Waals surface area contributed by atoms with Crippen molar-refractivity contribution in [2.75, 3.05) is 13.7 Å². The third-order valence-electron chi connectivity index (χ3n) is 3.76. The molecule has 0 aliphatic carbocycles. The molecule has 2 aromatic rings. The first-order valence-electron chi connectivity index (χ1n) is 7.54. The van der Waals surface area contributed by atoms with E-state index in [-0.39, 0.29) is 12.1 Å². The molecule has 1 atom stereocenters. The fourth-order valence-corrected chi connectivity index (χ4v) is 2.53. The Morgan fingerprint density at radius 1 is 1.17 bits per heavy atom. The lowest BCUT2D eigenvalue weighted by Gasteiger charge is -2.24. The Labute approximate surface area is 135 Å². The summed E-state index contributed by atoms with van der Waals surface area (Å²) in [7, 11) is 1.61. The number of carbonyl (C=O) groups excluding carboxylic acids is 1. The van der Waals surface area contributed by atoms with Gasteiger partial charge in [-0.15, -0.1) is 0 Å². The van der Waals surface area contributed by atoms with Crippen LogP contribution in [0.4, 0.5) is 4.79 Å². The van der Waals surface area contributed by atoms with Crippen LogP contribution < -0.4 is 14.8 Å². The highest BCUT2D eigenvalue weighted by Gasteiger charge is 2.22. The van der Waals surface area contributed by atoms with E-state index in [1.165, 1.54) is 0 Å². The topological polar surface area (TPSA) is 56.8 Å². The minimum atomic E-state index is -0.385. The number of carbonyl (C=O) groups is 1. The van der Waals surface area contributed by atoms with Crippen LogP contribution in [0.5, 0.6) is 11.5 Å². The summed E-state index contributed by atoms with van der Waals surface area (Å²) in [4.78, 5) is 11.4. The van der Waals surface area contributed by atoms with Gasteiger partial charge in [-0.2, -0.15) is 0 Å². The monoisotopic (exact) mass is 313 g/mol. The Kier molecular flexibility index (Phi) is 4.66. The minimum Gasteiger partial charge on any atom is -0.493 e. The van der Waals surface area contributed by atoms with E-state index in [4.69, 9.17) is 14.2 Å². The van der Waals surface area contributed by atoms with Crippen LogP contribution in [-0.2, 0) is 11.3 Å². The van der Waals surface area contributed by atoms with Crippen LogP contribution in [0.2, 0.25) is 0 Å². The van der Waals surface area contributed by atoms with Gasteiger partial charge < -0.3 is 19.5 Å². The molecule has 23 heavy (non-hydrogen) atoms. The van der Waals surface area contributed by atoms with Gasteiger partial charge in [-0.1, -0.05) is 36.4 Å². The maximum Gasteiger partial charge on any atom is 0.407 e. The molecule has 2 aromatic carbocycles. The highest BCUT2D eigenvalue weighted by atomic mass is 16.6. The van der Waals surface area contributed by atoms with Crippen LogP contribution in [0.25, 0.3) is 0 Å². The van der Waals surface area contributed by atoms with Crippen molar-refractivity contribution in [1.82, 2.24) is 5.32 Å². The third kappa shape index (κ3) is 3.74. The normalized spacial score (nSPS) is 17.1. The summed E-state index contributed by atoms with van der Waals surface area (Å²) in [6, 6.07) is 15.6. The van der Waals surface area contributed by atoms with Gasteiger partial charge in [0.05, 0.1) is 19.8 Å². The summed E-state index contributed by atoms with van der Waals surface area (Å²) in [6.07, 6.45) is 0.347. The molecule has 0 radical (unpaired) electrons. The summed E-state index contributed by atoms with van der Waals surface area (Å²) < 4.78 is 16.2. The molecule has 0 unspecified atom stereocenters. The summed E-state index contributed by atoms with van der Waals surface area (Å²) >= 11 is 0. The number of methoxy groups -OCH3 is 1. The molecule has 1 heterocycles. The second-order valence-corrected chi connectivity index (χ2v) is 5.31. The number of hydrogen-bond acceptors (Lipinski definition) is 4. The number of alkyl carbamates (subject to hydrolysis) is 1. The Balaban J connectivity index is 1.77. The Morgan fingerprint density at radius 2 is 2.00 bits per heavy atom. The number of hydrogen-bond donors (Lipinski definition) is 1. The molecule has 0 spiro atoms. The zero-order valence-corrected chi connectivity index (χ0v) is 13.0. The molecule has 1 N–H and O–H groups in total. The molecular weight excluding hydrogens is 294 g/mol. The number of amides is 1. The SMILES string of the molecule is COc1ccc([C@H]2CCOC(=O)N2)cc1OCc1ccccc1. The standard InChI is InChI=1S/C18H19NO4/c1-21-16-8-7-14(15-9-10-22-18(20)19-15)11-17(16)23-12-13-5-3-2-4-6-13/h2-8,11,15H,9-10,12H2,1H3,(H,19,20)/t15-/m1/s1. The number of cyclic esters (lactones) is 1. The number of rotatable bonds is 5. The van der Waals surface area contributed by atoms with Crippen LogP contribution >= 0.6 is 0 Å². The molecule has 1 aliphatic rings. The van der Waals surface area contributed by atoms with Crippen molar-refractivity contribution in [2.45, 2.75) is 19.1 Å². The largest absolute Gasteiger partial charge is 0.493 e. The van der Waals surface area contributed by atoms with E-state index < -0.39 is 0 Å². The lowest BCUT2D eigenvalue weighted by molar-refractivity contribution is 0.115. The lowest BCUT2D eigenvalue weighted by Crippen LogP contribution is -2.35. The van der Waals surface area contributed by atoms with Gasteiger partial charge >= 0.3 is 6.09 Å². The Morgan fingerprint density at radius 3 is 2.74 bits per heavy atom. The summed E-state index contributed by atoms with van der Waals surface area (Å²) in [6.45, 7) is 0.878. The average molecular weight is 313 g/mol. The predicted octanol–water partition coefficient (Wildman–Crippen LogP) is 3.45. The molecule has 5 nitrogen and oxygen atoms in total. The van der Waals surface area contributed by atoms with E-state index in [2.05, 4.69) is 5.32 Å². The summed E-state index contributed by atoms with van der Waals surface area (Å²) in [5.41, 5.74) is 2.06. The second kappa shape index (κ2) is 7.05. The Bertz CT molecular complexity index is 672. The molecule has 0 aromatic heterocycles. The van der Waals surface area contributed by atoms with Crippen LogP contribution in [0.3, 0.4) is 0 Å². The van der Waals surface area contributed by atoms with E-state index in [0.29, 0.717) is 24.7 Å². The second-order valence-electron chi connectivity index (χ2n) is 5.31. The van der Waals surface area contributed by atoms with E-state index in [1.54, 1.807) is 7.11 Å². The van der Waals surface area contributed by atoms with Gasteiger partial charge in [-0.25, -0.2) is 4.79 Å². The first kappa shape index (κ1) is 15.2. The van der Waals surface area contributed by atoms with Crippen molar-refractivity contribution in [2.24, 2.45) is 0 Å². The smallest absolute Gasteiger partial charge is 0.407 e. The van der Waals surface area contributed by atoms with Gasteiger partial charge in [0, 0.05) is 6.42 Å². The fraction of sp³-hybridized carbons (Fsp3) is 0.278. The van der Waals surface area contributed by atoms with E-state index in [1.807, 2.05) is 48.5 Å². The van der Waals surface area contributed by atoms with E-state index >= 15 is 0 Å². The first-order chi connectivity index (χ1) is 11.3. The molecule has 1 fully saturated rings. The van der Waals surface area contributed by atoms with Gasteiger partial charge in [0.1, 0.15) is 6.61 Å². The van der Waals surface area contributed by atoms with Crippen molar-refractivity contribution >= 4 is 6.09 Å². The fourth-order valence-electron chi connectivity index (χ4n) is 2.53. The van der Waals surface area contributed by atoms with Crippen molar-refractivity contribution < 1.29 is 19.0 Å². The van der Waals surface area contributed by atoms with E-state index in [9.17, 15) is 4.79 Å². The molecule has 3 rings (SSSR count). The van der Waals surface area contributed by atoms with Gasteiger partial charge in [0.15, 0.2) is 11.5 Å². The average Bonchev–Trinajstić information content (AvgIpc) is 2.60. The lowest BCUT2D eigenvalue weighted by atomic mass is 10.0. The molecule has 5 heteroatoms. The maximum atomic E-state index is 11.4. The number of benzene rings is 2. The molecule has 0 saturated carbocycles. The van der Waals surface area contributed by atoms with Crippen molar-refractivity contribution in [3.8, 4) is 11.5 Å². The van der Waals surface area contributed by atoms with Crippen LogP contribution in [-0.4, -0.2) is 19.8 Å². The molecule has 120 valence electrons. The van der Waals surface area contributed by atoms with Crippen LogP contribution in [0.1, 0.15) is 23.6 Å². The quantitative estimate of drug-likeness (QED) is 0.918. The third-order valence-corrected chi connectivity index (χ3v) is 3.76. The highest BCUT2D eigenvalue weighted by Crippen LogP contribution is 2.32. The van der Waals surface area contributed by atoms with Crippen molar-refractivity contribution in [3.05, 3.63) is 59.7 Å². The van der Waals surface area contributed by atoms with Gasteiger partial charge in [-0.05, 0) is 23.3 Å².